The number of aliphatic hydroxyl groups is 1. The van der Waals surface area contributed by atoms with E-state index in [-0.39, 0.29) is 5.97 Å². The molecule has 0 saturated carbocycles. The van der Waals surface area contributed by atoms with Gasteiger partial charge in [-0.15, -0.1) is 0 Å². The van der Waals surface area contributed by atoms with E-state index < -0.39 is 11.0 Å². The zero-order valence-electron chi connectivity index (χ0n) is 10.7. The van der Waals surface area contributed by atoms with Crippen molar-refractivity contribution in [1.29, 1.82) is 0 Å². The van der Waals surface area contributed by atoms with Crippen LogP contribution >= 0.6 is 0 Å². The van der Waals surface area contributed by atoms with E-state index in [0.29, 0.717) is 6.54 Å². The van der Waals surface area contributed by atoms with Crippen LogP contribution in [0, 0.1) is 5.41 Å². The van der Waals surface area contributed by atoms with Crippen LogP contribution in [-0.4, -0.2) is 48.3 Å². The van der Waals surface area contributed by atoms with Crippen molar-refractivity contribution in [3.8, 4) is 0 Å². The van der Waals surface area contributed by atoms with Gasteiger partial charge in [-0.1, -0.05) is 0 Å². The summed E-state index contributed by atoms with van der Waals surface area (Å²) in [5.41, 5.74) is -1.01. The average Bonchev–Trinajstić information content (AvgIpc) is 2.20. The molecule has 1 saturated heterocycles. The van der Waals surface area contributed by atoms with Crippen LogP contribution in [0.25, 0.3) is 0 Å². The molecule has 16 heavy (non-hydrogen) atoms. The second kappa shape index (κ2) is 4.72. The first-order chi connectivity index (χ1) is 7.27. The van der Waals surface area contributed by atoms with E-state index >= 15 is 0 Å². The number of ether oxygens (including phenoxy) is 1. The minimum absolute atomic E-state index is 0.176. The highest BCUT2D eigenvalue weighted by Gasteiger charge is 2.34. The van der Waals surface area contributed by atoms with Gasteiger partial charge in [0.05, 0.1) is 18.1 Å². The molecule has 0 spiro atoms. The Bertz CT molecular complexity index is 251. The van der Waals surface area contributed by atoms with E-state index in [1.54, 1.807) is 0 Å². The van der Waals surface area contributed by atoms with E-state index in [1.165, 1.54) is 7.11 Å². The lowest BCUT2D eigenvalue weighted by Crippen LogP contribution is -2.47. The van der Waals surface area contributed by atoms with Crippen molar-refractivity contribution in [3.63, 3.8) is 0 Å². The Morgan fingerprint density at radius 3 is 2.38 bits per heavy atom. The summed E-state index contributed by atoms with van der Waals surface area (Å²) in [6.45, 7) is 8.03. The van der Waals surface area contributed by atoms with E-state index in [1.807, 2.05) is 20.8 Å². The van der Waals surface area contributed by atoms with Gasteiger partial charge in [-0.05, 0) is 33.6 Å². The van der Waals surface area contributed by atoms with Crippen molar-refractivity contribution in [2.75, 3.05) is 26.7 Å². The monoisotopic (exact) mass is 229 g/mol. The number of carbonyl (C=O) groups is 1. The highest BCUT2D eigenvalue weighted by atomic mass is 16.5. The maximum absolute atomic E-state index is 11.5. The molecule has 0 bridgehead atoms. The lowest BCUT2D eigenvalue weighted by atomic mass is 9.89. The van der Waals surface area contributed by atoms with Gasteiger partial charge < -0.3 is 14.7 Å². The van der Waals surface area contributed by atoms with Crippen LogP contribution in [0.5, 0.6) is 0 Å². The minimum atomic E-state index is -0.536. The zero-order chi connectivity index (χ0) is 12.4. The Hall–Kier alpha value is -0.610. The average molecular weight is 229 g/mol. The minimum Gasteiger partial charge on any atom is -0.469 e. The zero-order valence-corrected chi connectivity index (χ0v) is 10.7. The second-order valence-electron chi connectivity index (χ2n) is 5.65. The lowest BCUT2D eigenvalue weighted by molar-refractivity contribution is -0.152. The highest BCUT2D eigenvalue weighted by molar-refractivity contribution is 5.76. The summed E-state index contributed by atoms with van der Waals surface area (Å²) in [7, 11) is 1.42. The Balaban J connectivity index is 2.47. The van der Waals surface area contributed by atoms with Gasteiger partial charge in [-0.2, -0.15) is 0 Å². The number of hydrogen-bond donors (Lipinski definition) is 1. The van der Waals surface area contributed by atoms with Crippen LogP contribution < -0.4 is 0 Å². The molecule has 1 fully saturated rings. The van der Waals surface area contributed by atoms with Gasteiger partial charge in [-0.25, -0.2) is 0 Å². The van der Waals surface area contributed by atoms with Crippen molar-refractivity contribution < 1.29 is 14.6 Å². The molecular formula is C12H23NO3. The van der Waals surface area contributed by atoms with Gasteiger partial charge in [0.1, 0.15) is 0 Å². The summed E-state index contributed by atoms with van der Waals surface area (Å²) in [4.78, 5) is 13.8. The molecule has 1 aliphatic rings. The standard InChI is InChI=1S/C12H23NO3/c1-11(2,10(14)16-4)9-13-7-5-12(3,15)6-8-13/h15H,5-9H2,1-4H3. The Morgan fingerprint density at radius 1 is 1.44 bits per heavy atom. The summed E-state index contributed by atoms with van der Waals surface area (Å²) in [5, 5.41) is 9.83. The van der Waals surface area contributed by atoms with Crippen LogP contribution in [0.3, 0.4) is 0 Å². The Morgan fingerprint density at radius 2 is 1.94 bits per heavy atom. The number of rotatable bonds is 3. The van der Waals surface area contributed by atoms with Gasteiger partial charge in [0.2, 0.25) is 0 Å². The topological polar surface area (TPSA) is 49.8 Å². The van der Waals surface area contributed by atoms with Crippen LogP contribution in [-0.2, 0) is 9.53 Å². The van der Waals surface area contributed by atoms with Gasteiger partial charge in [0.25, 0.3) is 0 Å². The number of hydrogen-bond acceptors (Lipinski definition) is 4. The van der Waals surface area contributed by atoms with Crippen molar-refractivity contribution in [2.24, 2.45) is 5.41 Å². The smallest absolute Gasteiger partial charge is 0.312 e. The molecule has 0 amide bonds. The molecule has 1 rings (SSSR count). The SMILES string of the molecule is COC(=O)C(C)(C)CN1CCC(C)(O)CC1. The summed E-state index contributed by atoms with van der Waals surface area (Å²) < 4.78 is 4.78. The Kier molecular flexibility index (Phi) is 3.97. The molecule has 1 heterocycles. The number of piperidine rings is 1. The molecule has 1 N–H and O–H groups in total. The molecule has 4 nitrogen and oxygen atoms in total. The van der Waals surface area contributed by atoms with Crippen LogP contribution in [0.4, 0.5) is 0 Å². The molecule has 1 aliphatic heterocycles. The third-order valence-corrected chi connectivity index (χ3v) is 3.29. The first kappa shape index (κ1) is 13.5. The van der Waals surface area contributed by atoms with Gasteiger partial charge in [0.15, 0.2) is 0 Å². The fourth-order valence-electron chi connectivity index (χ4n) is 2.09. The lowest BCUT2D eigenvalue weighted by Gasteiger charge is -2.38. The Labute approximate surface area is 97.6 Å². The molecule has 94 valence electrons. The highest BCUT2D eigenvalue weighted by Crippen LogP contribution is 2.25. The molecule has 0 unspecified atom stereocenters. The maximum Gasteiger partial charge on any atom is 0.312 e. The van der Waals surface area contributed by atoms with Gasteiger partial charge in [-0.3, -0.25) is 4.79 Å². The number of likely N-dealkylation sites (tertiary alicyclic amines) is 1. The molecule has 0 aliphatic carbocycles. The summed E-state index contributed by atoms with van der Waals surface area (Å²) in [5.74, 6) is -0.176. The predicted molar refractivity (Wildman–Crippen MR) is 62.1 cm³/mol. The van der Waals surface area contributed by atoms with E-state index in [0.717, 1.165) is 25.9 Å². The summed E-state index contributed by atoms with van der Waals surface area (Å²) >= 11 is 0. The fourth-order valence-corrected chi connectivity index (χ4v) is 2.09. The van der Waals surface area contributed by atoms with Crippen LogP contribution in [0.1, 0.15) is 33.6 Å². The molecule has 0 aromatic heterocycles. The van der Waals surface area contributed by atoms with Crippen molar-refractivity contribution in [2.45, 2.75) is 39.2 Å². The molecule has 0 aromatic carbocycles. The normalized spacial score (nSPS) is 21.8. The van der Waals surface area contributed by atoms with Crippen molar-refractivity contribution in [1.82, 2.24) is 4.90 Å². The molecule has 0 radical (unpaired) electrons. The van der Waals surface area contributed by atoms with Crippen molar-refractivity contribution >= 4 is 5.97 Å². The number of esters is 1. The van der Waals surface area contributed by atoms with E-state index in [9.17, 15) is 9.90 Å². The first-order valence-corrected chi connectivity index (χ1v) is 5.80. The number of methoxy groups -OCH3 is 1. The summed E-state index contributed by atoms with van der Waals surface area (Å²) in [6.07, 6.45) is 1.54. The molecule has 4 heteroatoms. The molecule has 0 atom stereocenters. The van der Waals surface area contributed by atoms with Crippen LogP contribution in [0.2, 0.25) is 0 Å². The second-order valence-corrected chi connectivity index (χ2v) is 5.65. The molecular weight excluding hydrogens is 206 g/mol. The van der Waals surface area contributed by atoms with E-state index in [2.05, 4.69) is 4.90 Å². The molecule has 0 aromatic rings. The van der Waals surface area contributed by atoms with Crippen LogP contribution in [0.15, 0.2) is 0 Å². The number of nitrogens with zero attached hydrogens (tertiary/aromatic N) is 1. The van der Waals surface area contributed by atoms with E-state index in [4.69, 9.17) is 4.74 Å². The first-order valence-electron chi connectivity index (χ1n) is 5.80. The third kappa shape index (κ3) is 3.46. The summed E-state index contributed by atoms with van der Waals surface area (Å²) in [6, 6.07) is 0. The largest absolute Gasteiger partial charge is 0.469 e. The maximum atomic E-state index is 11.5. The quantitative estimate of drug-likeness (QED) is 0.734. The van der Waals surface area contributed by atoms with Gasteiger partial charge in [0, 0.05) is 19.6 Å². The van der Waals surface area contributed by atoms with Gasteiger partial charge >= 0.3 is 5.97 Å². The number of carbonyl (C=O) groups excluding carboxylic acids is 1. The third-order valence-electron chi connectivity index (χ3n) is 3.29. The predicted octanol–water partition coefficient (Wildman–Crippen LogP) is 1.03. The fraction of sp³-hybridized carbons (Fsp3) is 0.917. The van der Waals surface area contributed by atoms with Crippen molar-refractivity contribution in [3.05, 3.63) is 0 Å².